The number of aromatic nitrogens is 2. The molecule has 1 fully saturated rings. The van der Waals surface area contributed by atoms with Crippen LogP contribution in [-0.2, 0) is 0 Å². The van der Waals surface area contributed by atoms with Crippen molar-refractivity contribution in [3.63, 3.8) is 0 Å². The first-order valence-electron chi connectivity index (χ1n) is 9.16. The van der Waals surface area contributed by atoms with Gasteiger partial charge >= 0.3 is 0 Å². The second-order valence-electron chi connectivity index (χ2n) is 6.59. The van der Waals surface area contributed by atoms with Crippen molar-refractivity contribution >= 4 is 11.7 Å². The molecular formula is C21H21N5O2. The van der Waals surface area contributed by atoms with E-state index in [0.29, 0.717) is 11.3 Å². The molecule has 2 aromatic carbocycles. The van der Waals surface area contributed by atoms with Gasteiger partial charge in [-0.15, -0.1) is 0 Å². The summed E-state index contributed by atoms with van der Waals surface area (Å²) in [4.78, 5) is 21.0. The van der Waals surface area contributed by atoms with E-state index in [1.807, 2.05) is 54.6 Å². The number of benzene rings is 2. The fourth-order valence-corrected chi connectivity index (χ4v) is 3.20. The van der Waals surface area contributed by atoms with Crippen molar-refractivity contribution in [2.75, 3.05) is 18.8 Å². The van der Waals surface area contributed by atoms with Crippen LogP contribution in [0, 0.1) is 0 Å². The first-order valence-corrected chi connectivity index (χ1v) is 9.16. The summed E-state index contributed by atoms with van der Waals surface area (Å²) in [5, 5.41) is 6.23. The largest absolute Gasteiger partial charge is 0.457 e. The molecule has 1 aliphatic rings. The third kappa shape index (κ3) is 3.94. The summed E-state index contributed by atoms with van der Waals surface area (Å²) in [6, 6.07) is 17.0. The number of nitrogens with zero attached hydrogens (tertiary/aromatic N) is 2. The number of carbonyl (C=O) groups is 1. The Hall–Kier alpha value is -3.45. The van der Waals surface area contributed by atoms with Crippen LogP contribution in [0.25, 0.3) is 11.1 Å². The first kappa shape index (κ1) is 17.9. The molecule has 7 nitrogen and oxygen atoms in total. The lowest BCUT2D eigenvalue weighted by Crippen LogP contribution is -2.37. The van der Waals surface area contributed by atoms with Gasteiger partial charge < -0.3 is 21.1 Å². The van der Waals surface area contributed by atoms with Crippen molar-refractivity contribution < 1.29 is 9.53 Å². The minimum atomic E-state index is -0.248. The summed E-state index contributed by atoms with van der Waals surface area (Å²) in [6.45, 7) is 1.65. The van der Waals surface area contributed by atoms with Gasteiger partial charge in [0, 0.05) is 12.6 Å². The van der Waals surface area contributed by atoms with Crippen LogP contribution < -0.4 is 21.1 Å². The van der Waals surface area contributed by atoms with Gasteiger partial charge in [0.15, 0.2) is 0 Å². The van der Waals surface area contributed by atoms with Crippen LogP contribution in [0.2, 0.25) is 0 Å². The van der Waals surface area contributed by atoms with Crippen molar-refractivity contribution in [2.24, 2.45) is 0 Å². The second kappa shape index (κ2) is 8.06. The number of para-hydroxylation sites is 1. The smallest absolute Gasteiger partial charge is 0.270 e. The second-order valence-corrected chi connectivity index (χ2v) is 6.59. The maximum atomic E-state index is 12.7. The van der Waals surface area contributed by atoms with Gasteiger partial charge in [-0.05, 0) is 42.8 Å². The highest BCUT2D eigenvalue weighted by Crippen LogP contribution is 2.30. The number of anilines is 1. The Morgan fingerprint density at radius 2 is 1.82 bits per heavy atom. The van der Waals surface area contributed by atoms with Gasteiger partial charge in [-0.1, -0.05) is 30.3 Å². The van der Waals surface area contributed by atoms with E-state index in [2.05, 4.69) is 20.6 Å². The van der Waals surface area contributed by atoms with Gasteiger partial charge in [-0.3, -0.25) is 4.79 Å². The van der Waals surface area contributed by atoms with E-state index >= 15 is 0 Å². The minimum absolute atomic E-state index is 0.0955. The number of hydrogen-bond donors (Lipinski definition) is 3. The van der Waals surface area contributed by atoms with E-state index in [4.69, 9.17) is 10.5 Å². The van der Waals surface area contributed by atoms with Crippen LogP contribution in [0.4, 0.5) is 5.82 Å². The van der Waals surface area contributed by atoms with Crippen LogP contribution in [0.15, 0.2) is 60.9 Å². The molecule has 0 radical (unpaired) electrons. The van der Waals surface area contributed by atoms with Crippen LogP contribution in [0.1, 0.15) is 16.9 Å². The zero-order valence-electron chi connectivity index (χ0n) is 15.3. The molecule has 1 amide bonds. The third-order valence-corrected chi connectivity index (χ3v) is 4.61. The number of rotatable bonds is 5. The zero-order valence-corrected chi connectivity index (χ0v) is 15.3. The molecule has 0 bridgehead atoms. The molecule has 1 aromatic heterocycles. The Bertz CT molecular complexity index is 954. The van der Waals surface area contributed by atoms with Crippen molar-refractivity contribution in [3.05, 3.63) is 66.6 Å². The number of nitrogens with one attached hydrogen (secondary N) is 2. The Morgan fingerprint density at radius 3 is 2.54 bits per heavy atom. The zero-order chi connectivity index (χ0) is 19.3. The summed E-state index contributed by atoms with van der Waals surface area (Å²) in [7, 11) is 0. The summed E-state index contributed by atoms with van der Waals surface area (Å²) in [6.07, 6.45) is 2.21. The van der Waals surface area contributed by atoms with E-state index < -0.39 is 0 Å². The van der Waals surface area contributed by atoms with Gasteiger partial charge in [-0.25, -0.2) is 9.97 Å². The van der Waals surface area contributed by atoms with Crippen LogP contribution in [-0.4, -0.2) is 35.0 Å². The molecule has 3 aromatic rings. The number of hydrogen-bond acceptors (Lipinski definition) is 6. The Morgan fingerprint density at radius 1 is 1.07 bits per heavy atom. The first-order chi connectivity index (χ1) is 13.7. The molecule has 1 saturated heterocycles. The number of amides is 1. The maximum absolute atomic E-state index is 12.7. The quantitative estimate of drug-likeness (QED) is 0.634. The predicted octanol–water partition coefficient (Wildman–Crippen LogP) is 2.61. The lowest BCUT2D eigenvalue weighted by atomic mass is 10.0. The molecular weight excluding hydrogens is 354 g/mol. The van der Waals surface area contributed by atoms with Crippen molar-refractivity contribution in [3.8, 4) is 22.6 Å². The normalized spacial score (nSPS) is 15.9. The molecule has 4 N–H and O–H groups in total. The lowest BCUT2D eigenvalue weighted by molar-refractivity contribution is 0.0935. The van der Waals surface area contributed by atoms with E-state index in [1.165, 1.54) is 6.33 Å². The number of nitrogen functional groups attached to an aromatic ring is 1. The molecule has 1 aliphatic heterocycles. The van der Waals surface area contributed by atoms with Crippen LogP contribution in [0.3, 0.4) is 0 Å². The number of nitrogens with two attached hydrogens (primary N) is 1. The van der Waals surface area contributed by atoms with Crippen molar-refractivity contribution in [1.29, 1.82) is 0 Å². The number of carbonyl (C=O) groups excluding carboxylic acids is 1. The molecule has 7 heteroatoms. The fourth-order valence-electron chi connectivity index (χ4n) is 3.20. The lowest BCUT2D eigenvalue weighted by Gasteiger charge is -2.14. The molecule has 0 saturated carbocycles. The van der Waals surface area contributed by atoms with Crippen molar-refractivity contribution in [1.82, 2.24) is 20.6 Å². The highest BCUT2D eigenvalue weighted by Gasteiger charge is 2.22. The van der Waals surface area contributed by atoms with Crippen molar-refractivity contribution in [2.45, 2.75) is 12.5 Å². The van der Waals surface area contributed by atoms with E-state index in [0.717, 1.165) is 30.8 Å². The topological polar surface area (TPSA) is 102 Å². The highest BCUT2D eigenvalue weighted by molar-refractivity contribution is 6.01. The minimum Gasteiger partial charge on any atom is -0.457 e. The van der Waals surface area contributed by atoms with E-state index in [-0.39, 0.29) is 23.5 Å². The van der Waals surface area contributed by atoms with E-state index in [1.54, 1.807) is 0 Å². The molecule has 0 aliphatic carbocycles. The molecule has 0 unspecified atom stereocenters. The van der Waals surface area contributed by atoms with Crippen LogP contribution >= 0.6 is 0 Å². The molecule has 4 rings (SSSR count). The molecule has 0 spiro atoms. The average molecular weight is 375 g/mol. The van der Waals surface area contributed by atoms with Crippen LogP contribution in [0.5, 0.6) is 11.5 Å². The van der Waals surface area contributed by atoms with Gasteiger partial charge in [0.05, 0.1) is 5.56 Å². The molecule has 142 valence electrons. The third-order valence-electron chi connectivity index (χ3n) is 4.61. The molecule has 2 heterocycles. The monoisotopic (exact) mass is 375 g/mol. The standard InChI is InChI=1S/C21H21N5O2/c22-20-18(19(24-13-25-20)21(27)26-15-10-11-23-12-15)14-6-8-17(9-7-14)28-16-4-2-1-3-5-16/h1-9,13,15,23H,10-12H2,(H,26,27)(H2,22,24,25)/t15-/m0/s1. The SMILES string of the molecule is Nc1ncnc(C(=O)N[C@H]2CCNC2)c1-c1ccc(Oc2ccccc2)cc1. The van der Waals surface area contributed by atoms with Gasteiger partial charge in [0.25, 0.3) is 5.91 Å². The number of ether oxygens (including phenoxy) is 1. The molecule has 1 atom stereocenters. The van der Waals surface area contributed by atoms with Gasteiger partial charge in [0.2, 0.25) is 0 Å². The fraction of sp³-hybridized carbons (Fsp3) is 0.190. The summed E-state index contributed by atoms with van der Waals surface area (Å²) < 4.78 is 5.82. The van der Waals surface area contributed by atoms with Gasteiger partial charge in [-0.2, -0.15) is 0 Å². The average Bonchev–Trinajstić information content (AvgIpc) is 3.22. The predicted molar refractivity (Wildman–Crippen MR) is 107 cm³/mol. The van der Waals surface area contributed by atoms with Gasteiger partial charge in [0.1, 0.15) is 29.3 Å². The summed E-state index contributed by atoms with van der Waals surface area (Å²) in [5.74, 6) is 1.46. The Balaban J connectivity index is 1.58. The molecule has 28 heavy (non-hydrogen) atoms. The summed E-state index contributed by atoms with van der Waals surface area (Å²) in [5.41, 5.74) is 7.64. The van der Waals surface area contributed by atoms with E-state index in [9.17, 15) is 4.79 Å². The Kier molecular flexibility index (Phi) is 5.16. The Labute approximate surface area is 163 Å². The highest BCUT2D eigenvalue weighted by atomic mass is 16.5. The summed E-state index contributed by atoms with van der Waals surface area (Å²) >= 11 is 0. The maximum Gasteiger partial charge on any atom is 0.270 e.